The summed E-state index contributed by atoms with van der Waals surface area (Å²) in [7, 11) is 0. The van der Waals surface area contributed by atoms with Crippen molar-refractivity contribution >= 4 is 17.5 Å². The first-order valence-electron chi connectivity index (χ1n) is 10.3. The van der Waals surface area contributed by atoms with Gasteiger partial charge in [0.15, 0.2) is 0 Å². The molecular weight excluding hydrogens is 407 g/mol. The van der Waals surface area contributed by atoms with Crippen LogP contribution in [0.25, 0.3) is 0 Å². The number of piperazine rings is 1. The molecule has 8 heteroatoms. The Bertz CT molecular complexity index is 1010. The fourth-order valence-corrected chi connectivity index (χ4v) is 4.23. The molecule has 0 radical (unpaired) electrons. The third kappa shape index (κ3) is 4.04. The van der Waals surface area contributed by atoms with Crippen molar-refractivity contribution in [3.63, 3.8) is 0 Å². The summed E-state index contributed by atoms with van der Waals surface area (Å²) in [5.74, 6) is -0.931. The second-order valence-corrected chi connectivity index (χ2v) is 8.21. The fourth-order valence-electron chi connectivity index (χ4n) is 4.23. The van der Waals surface area contributed by atoms with Gasteiger partial charge in [-0.25, -0.2) is 0 Å². The highest BCUT2D eigenvalue weighted by atomic mass is 19.4. The second-order valence-electron chi connectivity index (χ2n) is 8.21. The SMILES string of the molecule is CC(C)N1CCN(c2cccc3c2C(=O)N(Cc2cccc(C(F)(F)F)c2)C3=O)CC1. The Balaban J connectivity index is 1.58. The van der Waals surface area contributed by atoms with E-state index in [1.54, 1.807) is 12.1 Å². The molecule has 0 unspecified atom stereocenters. The van der Waals surface area contributed by atoms with Crippen LogP contribution in [0.15, 0.2) is 42.5 Å². The Morgan fingerprint density at radius 2 is 1.61 bits per heavy atom. The van der Waals surface area contributed by atoms with Gasteiger partial charge in [0.1, 0.15) is 0 Å². The molecular formula is C23H24F3N3O2. The van der Waals surface area contributed by atoms with Crippen LogP contribution in [0.2, 0.25) is 0 Å². The number of amides is 2. The number of carbonyl (C=O) groups excluding carboxylic acids is 2. The molecule has 5 nitrogen and oxygen atoms in total. The highest BCUT2D eigenvalue weighted by molar-refractivity contribution is 6.23. The van der Waals surface area contributed by atoms with Crippen LogP contribution < -0.4 is 4.90 Å². The number of hydrogen-bond donors (Lipinski definition) is 0. The van der Waals surface area contributed by atoms with Gasteiger partial charge in [-0.05, 0) is 43.7 Å². The summed E-state index contributed by atoms with van der Waals surface area (Å²) in [6, 6.07) is 10.4. The Morgan fingerprint density at radius 3 is 2.26 bits per heavy atom. The van der Waals surface area contributed by atoms with E-state index in [0.717, 1.165) is 43.2 Å². The number of imide groups is 1. The molecule has 31 heavy (non-hydrogen) atoms. The van der Waals surface area contributed by atoms with Crippen molar-refractivity contribution in [2.24, 2.45) is 0 Å². The van der Waals surface area contributed by atoms with Gasteiger partial charge in [0, 0.05) is 32.2 Å². The molecule has 2 aromatic rings. The summed E-state index contributed by atoms with van der Waals surface area (Å²) in [4.78, 5) is 31.6. The Kier molecular flexibility index (Phi) is 5.51. The maximum absolute atomic E-state index is 13.2. The van der Waals surface area contributed by atoms with Gasteiger partial charge in [-0.3, -0.25) is 19.4 Å². The highest BCUT2D eigenvalue weighted by Gasteiger charge is 2.39. The number of carbonyl (C=O) groups is 2. The van der Waals surface area contributed by atoms with Crippen LogP contribution in [0.4, 0.5) is 18.9 Å². The third-order valence-corrected chi connectivity index (χ3v) is 5.96. The number of anilines is 1. The average molecular weight is 431 g/mol. The standard InChI is InChI=1S/C23H24F3N3O2/c1-15(2)27-9-11-28(12-10-27)19-8-4-7-18-20(19)22(31)29(21(18)30)14-16-5-3-6-17(13-16)23(24,25)26/h3-8,13,15H,9-12,14H2,1-2H3. The number of nitrogens with zero attached hydrogens (tertiary/aromatic N) is 3. The van der Waals surface area contributed by atoms with Crippen LogP contribution in [-0.2, 0) is 12.7 Å². The van der Waals surface area contributed by atoms with Crippen molar-refractivity contribution in [1.82, 2.24) is 9.80 Å². The number of benzene rings is 2. The van der Waals surface area contributed by atoms with E-state index < -0.39 is 23.6 Å². The van der Waals surface area contributed by atoms with Crippen LogP contribution in [0.5, 0.6) is 0 Å². The van der Waals surface area contributed by atoms with Gasteiger partial charge in [0.2, 0.25) is 0 Å². The number of fused-ring (bicyclic) bond motifs is 1. The van der Waals surface area contributed by atoms with Crippen molar-refractivity contribution in [1.29, 1.82) is 0 Å². The Hall–Kier alpha value is -2.87. The largest absolute Gasteiger partial charge is 0.416 e. The number of rotatable bonds is 4. The minimum Gasteiger partial charge on any atom is -0.368 e. The Labute approximate surface area is 179 Å². The number of hydrogen-bond acceptors (Lipinski definition) is 4. The number of alkyl halides is 3. The zero-order chi connectivity index (χ0) is 22.3. The molecule has 4 rings (SSSR count). The van der Waals surface area contributed by atoms with Crippen LogP contribution >= 0.6 is 0 Å². The molecule has 0 aromatic heterocycles. The lowest BCUT2D eigenvalue weighted by atomic mass is 10.1. The molecule has 2 heterocycles. The summed E-state index contributed by atoms with van der Waals surface area (Å²) in [6.45, 7) is 7.28. The van der Waals surface area contributed by atoms with E-state index in [1.807, 2.05) is 6.07 Å². The summed E-state index contributed by atoms with van der Waals surface area (Å²) in [5, 5.41) is 0. The summed E-state index contributed by atoms with van der Waals surface area (Å²) in [5.41, 5.74) is 0.825. The van der Waals surface area contributed by atoms with E-state index in [4.69, 9.17) is 0 Å². The van der Waals surface area contributed by atoms with E-state index in [0.29, 0.717) is 22.9 Å². The molecule has 0 saturated carbocycles. The lowest BCUT2D eigenvalue weighted by molar-refractivity contribution is -0.137. The first-order valence-corrected chi connectivity index (χ1v) is 10.3. The van der Waals surface area contributed by atoms with Crippen molar-refractivity contribution in [2.75, 3.05) is 31.1 Å². The zero-order valence-electron chi connectivity index (χ0n) is 17.4. The normalized spacial score (nSPS) is 17.6. The smallest absolute Gasteiger partial charge is 0.368 e. The maximum atomic E-state index is 13.2. The van der Waals surface area contributed by atoms with E-state index in [9.17, 15) is 22.8 Å². The number of halogens is 3. The van der Waals surface area contributed by atoms with Crippen molar-refractivity contribution in [2.45, 2.75) is 32.6 Å². The van der Waals surface area contributed by atoms with Gasteiger partial charge in [-0.15, -0.1) is 0 Å². The topological polar surface area (TPSA) is 43.9 Å². The van der Waals surface area contributed by atoms with Gasteiger partial charge in [0.05, 0.1) is 28.9 Å². The fraction of sp³-hybridized carbons (Fsp3) is 0.391. The van der Waals surface area contributed by atoms with Gasteiger partial charge < -0.3 is 4.90 Å². The minimum atomic E-state index is -4.48. The molecule has 0 spiro atoms. The van der Waals surface area contributed by atoms with Gasteiger partial charge >= 0.3 is 6.18 Å². The molecule has 2 amide bonds. The third-order valence-electron chi connectivity index (χ3n) is 5.96. The van der Waals surface area contributed by atoms with Crippen molar-refractivity contribution < 1.29 is 22.8 Å². The first-order chi connectivity index (χ1) is 14.7. The predicted octanol–water partition coefficient (Wildman–Crippen LogP) is 4.03. The van der Waals surface area contributed by atoms with E-state index >= 15 is 0 Å². The molecule has 2 aliphatic rings. The van der Waals surface area contributed by atoms with E-state index in [2.05, 4.69) is 23.6 Å². The zero-order valence-corrected chi connectivity index (χ0v) is 17.4. The average Bonchev–Trinajstić information content (AvgIpc) is 2.98. The molecule has 0 atom stereocenters. The first kappa shape index (κ1) is 21.4. The van der Waals surface area contributed by atoms with Crippen LogP contribution in [0.3, 0.4) is 0 Å². The van der Waals surface area contributed by atoms with Crippen LogP contribution in [-0.4, -0.2) is 53.8 Å². The molecule has 0 aliphatic carbocycles. The molecule has 2 aliphatic heterocycles. The maximum Gasteiger partial charge on any atom is 0.416 e. The van der Waals surface area contributed by atoms with Crippen molar-refractivity contribution in [3.05, 3.63) is 64.7 Å². The summed E-state index contributed by atoms with van der Waals surface area (Å²) < 4.78 is 39.1. The van der Waals surface area contributed by atoms with Crippen molar-refractivity contribution in [3.8, 4) is 0 Å². The van der Waals surface area contributed by atoms with E-state index in [-0.39, 0.29) is 12.1 Å². The van der Waals surface area contributed by atoms with Crippen LogP contribution in [0.1, 0.15) is 45.7 Å². The monoisotopic (exact) mass is 431 g/mol. The summed E-state index contributed by atoms with van der Waals surface area (Å²) in [6.07, 6.45) is -4.48. The quantitative estimate of drug-likeness (QED) is 0.686. The molecule has 2 aromatic carbocycles. The summed E-state index contributed by atoms with van der Waals surface area (Å²) >= 11 is 0. The van der Waals surface area contributed by atoms with Gasteiger partial charge in [-0.1, -0.05) is 18.2 Å². The van der Waals surface area contributed by atoms with Gasteiger partial charge in [-0.2, -0.15) is 13.2 Å². The molecule has 0 bridgehead atoms. The van der Waals surface area contributed by atoms with E-state index in [1.165, 1.54) is 12.1 Å². The Morgan fingerprint density at radius 1 is 0.935 bits per heavy atom. The minimum absolute atomic E-state index is 0.198. The molecule has 0 N–H and O–H groups in total. The molecule has 164 valence electrons. The predicted molar refractivity (Wildman–Crippen MR) is 111 cm³/mol. The molecule has 1 saturated heterocycles. The highest BCUT2D eigenvalue weighted by Crippen LogP contribution is 2.34. The molecule has 1 fully saturated rings. The lowest BCUT2D eigenvalue weighted by Gasteiger charge is -2.38. The van der Waals surface area contributed by atoms with Gasteiger partial charge in [0.25, 0.3) is 11.8 Å². The second kappa shape index (κ2) is 8.00. The van der Waals surface area contributed by atoms with Crippen LogP contribution in [0, 0.1) is 0 Å². The lowest BCUT2D eigenvalue weighted by Crippen LogP contribution is -2.49.